The van der Waals surface area contributed by atoms with Crippen LogP contribution in [-0.4, -0.2) is 53.1 Å². The van der Waals surface area contributed by atoms with Crippen LogP contribution < -0.4 is 21.1 Å². The van der Waals surface area contributed by atoms with E-state index in [1.165, 1.54) is 18.3 Å². The van der Waals surface area contributed by atoms with Gasteiger partial charge >= 0.3 is 0 Å². The van der Waals surface area contributed by atoms with Gasteiger partial charge in [-0.3, -0.25) is 0 Å². The predicted octanol–water partition coefficient (Wildman–Crippen LogP) is 2.50. The number of pyridine rings is 1. The zero-order valence-electron chi connectivity index (χ0n) is 16.7. The van der Waals surface area contributed by atoms with Gasteiger partial charge in [0.2, 0.25) is 0 Å². The van der Waals surface area contributed by atoms with Gasteiger partial charge in [-0.2, -0.15) is 4.39 Å². The van der Waals surface area contributed by atoms with Crippen molar-refractivity contribution >= 4 is 17.3 Å². The fourth-order valence-corrected chi connectivity index (χ4v) is 3.29. The molecule has 1 aromatic carbocycles. The number of anilines is 3. The maximum atomic E-state index is 14.6. The summed E-state index contributed by atoms with van der Waals surface area (Å²) in [7, 11) is 2.13. The summed E-state index contributed by atoms with van der Waals surface area (Å²) in [5.74, 6) is 0.142. The molecule has 1 saturated heterocycles. The van der Waals surface area contributed by atoms with E-state index in [0.29, 0.717) is 5.69 Å². The first kappa shape index (κ1) is 19.8. The van der Waals surface area contributed by atoms with Crippen molar-refractivity contribution in [1.29, 1.82) is 0 Å². The van der Waals surface area contributed by atoms with Gasteiger partial charge in [0.1, 0.15) is 5.82 Å². The molecule has 0 saturated carbocycles. The number of likely N-dealkylation sites (N-methyl/N-ethyl adjacent to an activating group) is 1. The molecule has 1 unspecified atom stereocenters. The maximum Gasteiger partial charge on any atom is 0.266 e. The second-order valence-corrected chi connectivity index (χ2v) is 7.23. The highest BCUT2D eigenvalue weighted by atomic mass is 19.1. The molecule has 4 rings (SSSR count). The summed E-state index contributed by atoms with van der Waals surface area (Å²) >= 11 is 0. The quantitative estimate of drug-likeness (QED) is 0.662. The van der Waals surface area contributed by atoms with Gasteiger partial charge in [0.05, 0.1) is 11.9 Å². The first-order valence-electron chi connectivity index (χ1n) is 9.68. The van der Waals surface area contributed by atoms with Crippen molar-refractivity contribution in [3.8, 4) is 17.1 Å². The lowest BCUT2D eigenvalue weighted by Gasteiger charge is -2.34. The van der Waals surface area contributed by atoms with Crippen molar-refractivity contribution in [3.63, 3.8) is 0 Å². The summed E-state index contributed by atoms with van der Waals surface area (Å²) in [6.45, 7) is 4.07. The molecule has 0 amide bonds. The Kier molecular flexibility index (Phi) is 5.62. The molecule has 1 aliphatic heterocycles. The van der Waals surface area contributed by atoms with E-state index < -0.39 is 6.36 Å². The molecule has 156 valence electrons. The number of nitrogens with zero attached hydrogens (tertiary/aromatic N) is 5. The molecular weight excluding hydrogens is 385 g/mol. The number of hydrogen-bond donors (Lipinski definition) is 2. The third-order valence-corrected chi connectivity index (χ3v) is 5.08. The van der Waals surface area contributed by atoms with Gasteiger partial charge in [-0.25, -0.2) is 15.0 Å². The number of aromatic nitrogens is 3. The molecule has 2 aromatic heterocycles. The number of nitrogen functional groups attached to an aromatic ring is 2. The van der Waals surface area contributed by atoms with E-state index in [9.17, 15) is 4.39 Å². The lowest BCUT2D eigenvalue weighted by Crippen LogP contribution is -2.44. The third-order valence-electron chi connectivity index (χ3n) is 5.08. The molecule has 1 fully saturated rings. The average molecular weight is 409 g/mol. The van der Waals surface area contributed by atoms with Crippen LogP contribution in [0, 0.1) is 0 Å². The topological polar surface area (TPSA) is 106 Å². The van der Waals surface area contributed by atoms with Crippen LogP contribution in [-0.2, 0) is 0 Å². The van der Waals surface area contributed by atoms with Gasteiger partial charge in [0, 0.05) is 49.2 Å². The first-order chi connectivity index (χ1) is 14.5. The highest BCUT2D eigenvalue weighted by Gasteiger charge is 2.17. The van der Waals surface area contributed by atoms with Gasteiger partial charge in [0.25, 0.3) is 12.2 Å². The molecular formula is C21H24FN7O. The summed E-state index contributed by atoms with van der Waals surface area (Å²) in [5.41, 5.74) is 14.2. The molecule has 9 heteroatoms. The molecule has 4 N–H and O–H groups in total. The average Bonchev–Trinajstić information content (AvgIpc) is 2.76. The second-order valence-electron chi connectivity index (χ2n) is 7.23. The van der Waals surface area contributed by atoms with Crippen molar-refractivity contribution in [2.24, 2.45) is 0 Å². The molecule has 1 atom stereocenters. The van der Waals surface area contributed by atoms with Crippen LogP contribution in [0.25, 0.3) is 11.3 Å². The first-order valence-corrected chi connectivity index (χ1v) is 9.68. The van der Waals surface area contributed by atoms with Crippen molar-refractivity contribution in [2.75, 3.05) is 49.6 Å². The largest absolute Gasteiger partial charge is 0.436 e. The van der Waals surface area contributed by atoms with E-state index >= 15 is 0 Å². The molecule has 30 heavy (non-hydrogen) atoms. The fourth-order valence-electron chi connectivity index (χ4n) is 3.29. The molecule has 0 radical (unpaired) electrons. The second kappa shape index (κ2) is 8.50. The number of alkyl halides is 1. The lowest BCUT2D eigenvalue weighted by atomic mass is 10.1. The fraction of sp³-hybridized carbons (Fsp3) is 0.286. The van der Waals surface area contributed by atoms with Crippen LogP contribution in [0.15, 0.2) is 48.8 Å². The van der Waals surface area contributed by atoms with Gasteiger partial charge in [-0.05, 0) is 31.3 Å². The van der Waals surface area contributed by atoms with Crippen molar-refractivity contribution in [3.05, 3.63) is 54.4 Å². The van der Waals surface area contributed by atoms with Crippen LogP contribution >= 0.6 is 0 Å². The number of benzene rings is 1. The van der Waals surface area contributed by atoms with E-state index in [1.54, 1.807) is 6.20 Å². The zero-order valence-corrected chi connectivity index (χ0v) is 16.7. The van der Waals surface area contributed by atoms with Crippen LogP contribution in [0.3, 0.4) is 0 Å². The summed E-state index contributed by atoms with van der Waals surface area (Å²) in [5, 5.41) is 0. The highest BCUT2D eigenvalue weighted by molar-refractivity contribution is 5.64. The molecule has 0 aliphatic carbocycles. The minimum absolute atomic E-state index is 0.0116. The van der Waals surface area contributed by atoms with E-state index in [-0.39, 0.29) is 23.1 Å². The van der Waals surface area contributed by atoms with Crippen molar-refractivity contribution in [1.82, 2.24) is 19.9 Å². The Morgan fingerprint density at radius 2 is 1.77 bits per heavy atom. The number of ether oxygens (including phenoxy) is 1. The Bertz CT molecular complexity index is 1010. The molecule has 3 heterocycles. The van der Waals surface area contributed by atoms with Gasteiger partial charge < -0.3 is 26.0 Å². The molecule has 1 aliphatic rings. The zero-order chi connectivity index (χ0) is 21.1. The monoisotopic (exact) mass is 409 g/mol. The lowest BCUT2D eigenvalue weighted by molar-refractivity contribution is 0.0629. The number of hydrogen-bond acceptors (Lipinski definition) is 8. The number of nitrogens with two attached hydrogens (primary N) is 2. The van der Waals surface area contributed by atoms with E-state index in [1.807, 2.05) is 12.1 Å². The van der Waals surface area contributed by atoms with Crippen LogP contribution in [0.4, 0.5) is 21.7 Å². The van der Waals surface area contributed by atoms with Gasteiger partial charge in [0.15, 0.2) is 5.82 Å². The normalized spacial score (nSPS) is 15.7. The molecule has 0 spiro atoms. The van der Waals surface area contributed by atoms with Crippen LogP contribution in [0.2, 0.25) is 0 Å². The smallest absolute Gasteiger partial charge is 0.266 e. The molecule has 8 nitrogen and oxygen atoms in total. The standard InChI is InChI=1S/C21H24FN7O/c1-28-8-10-29(11-9-28)16-4-2-14(3-5-16)17-13-26-20(24)21(27-17)30-19(22)15-6-7-25-18(23)12-15/h2-7,12-13,19H,8-11H2,1H3,(H2,23,25)(H2,24,26). The Hall–Kier alpha value is -3.46. The Balaban J connectivity index is 1.51. The van der Waals surface area contributed by atoms with Gasteiger partial charge in [-0.15, -0.1) is 0 Å². The summed E-state index contributed by atoms with van der Waals surface area (Å²) in [6.07, 6.45) is 1.17. The Morgan fingerprint density at radius 3 is 2.47 bits per heavy atom. The van der Waals surface area contributed by atoms with E-state index in [2.05, 4.69) is 43.9 Å². The van der Waals surface area contributed by atoms with E-state index in [4.69, 9.17) is 16.2 Å². The molecule has 3 aromatic rings. The SMILES string of the molecule is CN1CCN(c2ccc(-c3cnc(N)c(OC(F)c4ccnc(N)c4)n3)cc2)CC1. The number of piperazine rings is 1. The summed E-state index contributed by atoms with van der Waals surface area (Å²) in [4.78, 5) is 17.0. The number of halogens is 1. The maximum absolute atomic E-state index is 14.6. The Morgan fingerprint density at radius 1 is 1.03 bits per heavy atom. The summed E-state index contributed by atoms with van der Waals surface area (Å²) < 4.78 is 19.9. The number of rotatable bonds is 5. The minimum Gasteiger partial charge on any atom is -0.436 e. The van der Waals surface area contributed by atoms with Crippen LogP contribution in [0.5, 0.6) is 5.88 Å². The van der Waals surface area contributed by atoms with Crippen LogP contribution in [0.1, 0.15) is 11.9 Å². The molecule has 0 bridgehead atoms. The van der Waals surface area contributed by atoms with Crippen molar-refractivity contribution < 1.29 is 9.13 Å². The summed E-state index contributed by atoms with van der Waals surface area (Å²) in [6, 6.07) is 10.9. The van der Waals surface area contributed by atoms with Gasteiger partial charge in [-0.1, -0.05) is 12.1 Å². The highest BCUT2D eigenvalue weighted by Crippen LogP contribution is 2.29. The van der Waals surface area contributed by atoms with Crippen molar-refractivity contribution in [2.45, 2.75) is 6.36 Å². The third kappa shape index (κ3) is 4.41. The van der Waals surface area contributed by atoms with E-state index in [0.717, 1.165) is 37.4 Å². The minimum atomic E-state index is -1.79. The predicted molar refractivity (Wildman–Crippen MR) is 115 cm³/mol. The Labute approximate surface area is 174 Å².